The predicted octanol–water partition coefficient (Wildman–Crippen LogP) is 8.11. The fraction of sp³-hybridized carbons (Fsp3) is 0.229. The summed E-state index contributed by atoms with van der Waals surface area (Å²) in [5.41, 5.74) is 9.79. The van der Waals surface area contributed by atoms with Gasteiger partial charge in [0.15, 0.2) is 0 Å². The van der Waals surface area contributed by atoms with Gasteiger partial charge < -0.3 is 10.2 Å². The number of aliphatic hydroxyl groups excluding tert-OH is 2. The van der Waals surface area contributed by atoms with Crippen molar-refractivity contribution in [1.82, 2.24) is 0 Å². The first-order chi connectivity index (χ1) is 26.4. The van der Waals surface area contributed by atoms with Gasteiger partial charge in [-0.3, -0.25) is 0 Å². The van der Waals surface area contributed by atoms with Gasteiger partial charge >= 0.3 is 300 Å². The molecule has 6 aromatic rings. The maximum absolute atomic E-state index is 8.56. The van der Waals surface area contributed by atoms with Gasteiger partial charge in [-0.15, -0.1) is 0 Å². The second kappa shape index (κ2) is 17.5. The van der Waals surface area contributed by atoms with Crippen molar-refractivity contribution in [3.63, 3.8) is 0 Å². The fourth-order valence-electron chi connectivity index (χ4n) is 7.63. The van der Waals surface area contributed by atoms with Gasteiger partial charge in [-0.1, -0.05) is 0 Å². The monoisotopic (exact) mass is 904 g/mol. The molecule has 0 aliphatic carbocycles. The van der Waals surface area contributed by atoms with Gasteiger partial charge in [0.05, 0.1) is 12.2 Å². The number of para-hydroxylation sites is 2. The topological polar surface area (TPSA) is 46.9 Å². The van der Waals surface area contributed by atoms with Crippen LogP contribution in [0.25, 0.3) is 0 Å². The Bertz CT molecular complexity index is 1960. The van der Waals surface area contributed by atoms with Crippen molar-refractivity contribution >= 4 is 39.9 Å². The van der Waals surface area contributed by atoms with Crippen LogP contribution in [0.3, 0.4) is 0 Å². The zero-order valence-electron chi connectivity index (χ0n) is 32.7. The van der Waals surface area contributed by atoms with Crippen molar-refractivity contribution < 1.29 is 29.6 Å². The molecule has 2 atom stereocenters. The summed E-state index contributed by atoms with van der Waals surface area (Å²) in [4.78, 5) is 4.98. The Morgan fingerprint density at radius 3 is 1.29 bits per heavy atom. The molecule has 7 heteroatoms. The van der Waals surface area contributed by atoms with E-state index in [4.69, 9.17) is 10.2 Å². The molecule has 1 aliphatic heterocycles. The number of benzene rings is 6. The van der Waals surface area contributed by atoms with Gasteiger partial charge in [0, 0.05) is 0 Å². The summed E-state index contributed by atoms with van der Waals surface area (Å²) in [6.07, 6.45) is -0.278. The molecule has 0 spiro atoms. The Morgan fingerprint density at radius 2 is 0.909 bits per heavy atom. The quantitative estimate of drug-likeness (QED) is 0.108. The maximum atomic E-state index is 8.56. The van der Waals surface area contributed by atoms with Crippen LogP contribution in [-0.4, -0.2) is 40.0 Å². The molecule has 55 heavy (non-hydrogen) atoms. The average molecular weight is 905 g/mol. The summed E-state index contributed by atoms with van der Waals surface area (Å²) in [7, 11) is 0. The van der Waals surface area contributed by atoms with Gasteiger partial charge in [0.1, 0.15) is 0 Å². The molecule has 4 nitrogen and oxygen atoms in total. The predicted molar refractivity (Wildman–Crippen MR) is 230 cm³/mol. The zero-order chi connectivity index (χ0) is 39.2. The maximum Gasteiger partial charge on any atom is 0.0536 e. The Balaban J connectivity index is 0.000000672. The third kappa shape index (κ3) is 8.99. The molecule has 282 valence electrons. The number of hydrogen-bond acceptors (Lipinski definition) is 4. The molecule has 0 radical (unpaired) electrons. The molecule has 0 saturated carbocycles. The molecular weight excluding hydrogens is 853 g/mol. The van der Waals surface area contributed by atoms with E-state index in [-0.39, 0.29) is 36.5 Å². The number of nitrogens with zero attached hydrogens (tertiary/aromatic N) is 2. The summed E-state index contributed by atoms with van der Waals surface area (Å²) >= 11 is 2.53. The van der Waals surface area contributed by atoms with E-state index in [9.17, 15) is 0 Å². The minimum atomic E-state index is -0.375. The zero-order valence-corrected chi connectivity index (χ0v) is 35.0. The molecule has 1 saturated heterocycles. The van der Waals surface area contributed by atoms with Crippen LogP contribution in [0, 0.1) is 6.07 Å². The Labute approximate surface area is 340 Å². The van der Waals surface area contributed by atoms with Gasteiger partial charge in [0.25, 0.3) is 0 Å². The van der Waals surface area contributed by atoms with Crippen LogP contribution in [0.2, 0.25) is 0 Å². The van der Waals surface area contributed by atoms with E-state index in [1.165, 1.54) is 38.9 Å². The second-order valence-electron chi connectivity index (χ2n) is 15.6. The van der Waals surface area contributed by atoms with Crippen molar-refractivity contribution in [3.8, 4) is 0 Å². The van der Waals surface area contributed by atoms with Crippen LogP contribution in [0.4, 0.5) is 11.4 Å². The summed E-state index contributed by atoms with van der Waals surface area (Å²) < 4.78 is 1.15. The van der Waals surface area contributed by atoms with Crippen molar-refractivity contribution in [2.45, 2.75) is 71.0 Å². The molecule has 2 N–H and O–H groups in total. The van der Waals surface area contributed by atoms with E-state index >= 15 is 0 Å². The van der Waals surface area contributed by atoms with E-state index in [2.05, 4.69) is 214 Å². The van der Waals surface area contributed by atoms with Crippen LogP contribution in [-0.2, 0) is 30.2 Å². The molecular formula is C48H51B2N2O2Pt-. The fourth-order valence-corrected chi connectivity index (χ4v) is 8.83. The first kappa shape index (κ1) is 40.2. The average Bonchev–Trinajstić information content (AvgIpc) is 3.51. The third-order valence-corrected chi connectivity index (χ3v) is 11.9. The van der Waals surface area contributed by atoms with E-state index in [1.54, 1.807) is 13.8 Å². The number of anilines is 2. The van der Waals surface area contributed by atoms with Crippen LogP contribution in [0.5, 0.6) is 0 Å². The molecule has 7 rings (SSSR count). The van der Waals surface area contributed by atoms with Crippen LogP contribution < -0.4 is 20.5 Å². The van der Waals surface area contributed by atoms with Gasteiger partial charge in [-0.25, -0.2) is 0 Å². The summed E-state index contributed by atoms with van der Waals surface area (Å²) in [6.45, 7) is 12.6. The summed E-state index contributed by atoms with van der Waals surface area (Å²) in [5.74, 6) is 0. The van der Waals surface area contributed by atoms with Gasteiger partial charge in [-0.2, -0.15) is 0 Å². The Hall–Kier alpha value is -4.47. The van der Waals surface area contributed by atoms with Crippen molar-refractivity contribution in [3.05, 3.63) is 192 Å². The second-order valence-corrected chi connectivity index (χ2v) is 16.6. The van der Waals surface area contributed by atoms with Crippen molar-refractivity contribution in [1.29, 1.82) is 0 Å². The summed E-state index contributed by atoms with van der Waals surface area (Å²) in [5, 5.41) is 17.1. The largest absolute Gasteiger partial charge is 0.393 e. The van der Waals surface area contributed by atoms with E-state index < -0.39 is 0 Å². The minimum Gasteiger partial charge on any atom is -0.393 e. The molecule has 6 aromatic carbocycles. The van der Waals surface area contributed by atoms with E-state index in [0.717, 1.165) is 9.83 Å². The summed E-state index contributed by atoms with van der Waals surface area (Å²) in [6, 6.07) is 63.0. The van der Waals surface area contributed by atoms with Gasteiger partial charge in [-0.05, 0) is 20.3 Å². The Morgan fingerprint density at radius 1 is 0.527 bits per heavy atom. The standard InChI is InChI=1S/C43H39B2N2.C5H12O2.Pt/c1-42(2,34-17-9-5-10-18-34)36-25-29-38(30-26-36)44-45(39-31-27-37(28-32-39)43(3,4)35-19-11-6-12-20-35)47(41-23-15-8-16-24-41)33-46(44)40-21-13-7-14-22-40;1-4(6)3-5(2)7;/h5-23,25-32H,1-4H3;4-7H,3H2,1-2H3;/q-1;;. The molecule has 0 amide bonds. The molecule has 0 bridgehead atoms. The molecule has 1 fully saturated rings. The van der Waals surface area contributed by atoms with Crippen molar-refractivity contribution in [2.75, 3.05) is 9.62 Å². The number of hydrogen-bond donors (Lipinski definition) is 2. The normalized spacial score (nSPS) is 14.4. The number of rotatable bonds is 10. The van der Waals surface area contributed by atoms with Crippen molar-refractivity contribution in [2.24, 2.45) is 0 Å². The minimum absolute atomic E-state index is 0.0122. The first-order valence-corrected chi connectivity index (χ1v) is 20.3. The number of aliphatic hydroxyl groups is 2. The molecule has 1 heterocycles. The smallest absolute Gasteiger partial charge is 0.0536 e. The van der Waals surface area contributed by atoms with Crippen LogP contribution in [0.1, 0.15) is 70.2 Å². The SMILES string of the molecule is CC(C)(c1ccccc1)c1ccc(B2B(c3ccc(C(C)(C)c4ccccc4)cc3)N(c3ccccc3)[C](=[Pt])N2c2[c-]cccc2)cc1.CC(O)CC(C)O. The van der Waals surface area contributed by atoms with E-state index in [0.29, 0.717) is 6.42 Å². The van der Waals surface area contributed by atoms with E-state index in [1.807, 2.05) is 12.1 Å². The molecule has 1 aliphatic rings. The van der Waals surface area contributed by atoms with Crippen LogP contribution in [0.15, 0.2) is 164 Å². The van der Waals surface area contributed by atoms with Crippen LogP contribution >= 0.6 is 0 Å². The Kier molecular flexibility index (Phi) is 12.8. The molecule has 0 aromatic heterocycles. The third-order valence-electron chi connectivity index (χ3n) is 10.8. The molecule has 2 unspecified atom stereocenters. The van der Waals surface area contributed by atoms with Gasteiger partial charge in [0.2, 0.25) is 0 Å². The first-order valence-electron chi connectivity index (χ1n) is 19.2.